The molecule has 0 amide bonds. The molecule has 0 radical (unpaired) electrons. The highest BCUT2D eigenvalue weighted by atomic mass is 19.4. The molecule has 1 saturated carbocycles. The Balaban J connectivity index is 1.74. The van der Waals surface area contributed by atoms with Gasteiger partial charge in [-0.1, -0.05) is 24.3 Å². The molecule has 1 aliphatic carbocycles. The number of phenols is 1. The maximum absolute atomic E-state index is 12.9. The lowest BCUT2D eigenvalue weighted by Gasteiger charge is -2.16. The van der Waals surface area contributed by atoms with Crippen molar-refractivity contribution < 1.29 is 23.4 Å². The van der Waals surface area contributed by atoms with Crippen molar-refractivity contribution >= 4 is 16.6 Å². The molecule has 0 aliphatic heterocycles. The number of fused-ring (bicyclic) bond motifs is 1. The molecule has 3 aromatic rings. The lowest BCUT2D eigenvalue weighted by Crippen LogP contribution is -2.20. The minimum atomic E-state index is -4.54. The minimum absolute atomic E-state index is 0.100. The van der Waals surface area contributed by atoms with Crippen molar-refractivity contribution in [1.82, 2.24) is 10.2 Å². The zero-order chi connectivity index (χ0) is 19.9. The van der Waals surface area contributed by atoms with Gasteiger partial charge in [-0.05, 0) is 31.0 Å². The molecule has 3 N–H and O–H groups in total. The van der Waals surface area contributed by atoms with Crippen LogP contribution in [0.15, 0.2) is 42.5 Å². The summed E-state index contributed by atoms with van der Waals surface area (Å²) in [6.07, 6.45) is -2.65. The lowest BCUT2D eigenvalue weighted by molar-refractivity contribution is -0.137. The minimum Gasteiger partial charge on any atom is -0.507 e. The van der Waals surface area contributed by atoms with Gasteiger partial charge in [0.25, 0.3) is 0 Å². The Kier molecular flexibility index (Phi) is 4.38. The van der Waals surface area contributed by atoms with E-state index in [1.165, 1.54) is 6.07 Å². The summed E-state index contributed by atoms with van der Waals surface area (Å²) in [5, 5.41) is 32.6. The van der Waals surface area contributed by atoms with E-state index in [-0.39, 0.29) is 17.6 Å². The second kappa shape index (κ2) is 6.63. The van der Waals surface area contributed by atoms with Crippen LogP contribution in [0.2, 0.25) is 0 Å². The number of nitrogens with zero attached hydrogens (tertiary/aromatic N) is 2. The van der Waals surface area contributed by atoms with Gasteiger partial charge in [0.1, 0.15) is 11.4 Å². The Bertz CT molecular complexity index is 1030. The summed E-state index contributed by atoms with van der Waals surface area (Å²) in [6, 6.07) is 10.0. The molecule has 4 rings (SSSR count). The standard InChI is InChI=1S/C20H18F3N3O2/c21-20(22,23)12-5-6-15(16(28)9-12)17-13-3-1-2-4-14(13)18(26-25-17)24-10-19(11-27)7-8-19/h1-6,9,27-28H,7-8,10-11H2,(H,24,26). The van der Waals surface area contributed by atoms with E-state index in [1.54, 1.807) is 12.1 Å². The van der Waals surface area contributed by atoms with Crippen LogP contribution in [0.5, 0.6) is 5.75 Å². The van der Waals surface area contributed by atoms with E-state index in [0.29, 0.717) is 29.5 Å². The summed E-state index contributed by atoms with van der Waals surface area (Å²) in [5.74, 6) is 0.0256. The van der Waals surface area contributed by atoms with Gasteiger partial charge < -0.3 is 15.5 Å². The molecule has 8 heteroatoms. The number of alkyl halides is 3. The van der Waals surface area contributed by atoms with Gasteiger partial charge in [0.15, 0.2) is 5.82 Å². The first-order valence-electron chi connectivity index (χ1n) is 8.84. The monoisotopic (exact) mass is 389 g/mol. The van der Waals surface area contributed by atoms with Crippen LogP contribution in [0.3, 0.4) is 0 Å². The summed E-state index contributed by atoms with van der Waals surface area (Å²) in [6.45, 7) is 0.663. The molecule has 146 valence electrons. The fourth-order valence-corrected chi connectivity index (χ4v) is 3.18. The highest BCUT2D eigenvalue weighted by Crippen LogP contribution is 2.45. The number of anilines is 1. The number of hydrogen-bond donors (Lipinski definition) is 3. The number of benzene rings is 2. The van der Waals surface area contributed by atoms with Crippen LogP contribution >= 0.6 is 0 Å². The van der Waals surface area contributed by atoms with Gasteiger partial charge in [-0.2, -0.15) is 13.2 Å². The fraction of sp³-hybridized carbons (Fsp3) is 0.300. The van der Waals surface area contributed by atoms with Gasteiger partial charge in [-0.15, -0.1) is 10.2 Å². The summed E-state index contributed by atoms with van der Waals surface area (Å²) in [7, 11) is 0. The van der Waals surface area contributed by atoms with Crippen LogP contribution in [0, 0.1) is 5.41 Å². The van der Waals surface area contributed by atoms with Crippen LogP contribution in [0.25, 0.3) is 22.0 Å². The smallest absolute Gasteiger partial charge is 0.416 e. The predicted octanol–water partition coefficient (Wildman–Crippen LogP) is 4.21. The average molecular weight is 389 g/mol. The Morgan fingerprint density at radius 1 is 1.04 bits per heavy atom. The quantitative estimate of drug-likeness (QED) is 0.609. The van der Waals surface area contributed by atoms with E-state index in [1.807, 2.05) is 12.1 Å². The van der Waals surface area contributed by atoms with Crippen LogP contribution in [-0.2, 0) is 6.18 Å². The highest BCUT2D eigenvalue weighted by molar-refractivity contribution is 6.00. The van der Waals surface area contributed by atoms with E-state index in [9.17, 15) is 23.4 Å². The van der Waals surface area contributed by atoms with E-state index >= 15 is 0 Å². The van der Waals surface area contributed by atoms with Gasteiger partial charge in [0.2, 0.25) is 0 Å². The first-order chi connectivity index (χ1) is 13.3. The zero-order valence-electron chi connectivity index (χ0n) is 14.8. The third kappa shape index (κ3) is 3.35. The number of nitrogens with one attached hydrogen (secondary N) is 1. The number of phenolic OH excluding ortho intramolecular Hbond substituents is 1. The van der Waals surface area contributed by atoms with Crippen molar-refractivity contribution in [3.05, 3.63) is 48.0 Å². The highest BCUT2D eigenvalue weighted by Gasteiger charge is 2.41. The number of halogens is 3. The largest absolute Gasteiger partial charge is 0.507 e. The van der Waals surface area contributed by atoms with Crippen molar-refractivity contribution in [3.8, 4) is 17.0 Å². The predicted molar refractivity (Wildman–Crippen MR) is 98.9 cm³/mol. The summed E-state index contributed by atoms with van der Waals surface area (Å²) < 4.78 is 38.6. The Morgan fingerprint density at radius 3 is 2.36 bits per heavy atom. The van der Waals surface area contributed by atoms with Crippen LogP contribution in [0.1, 0.15) is 18.4 Å². The van der Waals surface area contributed by atoms with Crippen molar-refractivity contribution in [2.24, 2.45) is 5.41 Å². The topological polar surface area (TPSA) is 78.3 Å². The Morgan fingerprint density at radius 2 is 1.75 bits per heavy atom. The van der Waals surface area contributed by atoms with Gasteiger partial charge in [0, 0.05) is 28.3 Å². The average Bonchev–Trinajstić information content (AvgIpc) is 3.46. The second-order valence-corrected chi connectivity index (χ2v) is 7.18. The second-order valence-electron chi connectivity index (χ2n) is 7.18. The van der Waals surface area contributed by atoms with Crippen molar-refractivity contribution in [2.45, 2.75) is 19.0 Å². The fourth-order valence-electron chi connectivity index (χ4n) is 3.18. The summed E-state index contributed by atoms with van der Waals surface area (Å²) in [4.78, 5) is 0. The molecule has 0 spiro atoms. The maximum Gasteiger partial charge on any atom is 0.416 e. The Hall–Kier alpha value is -2.87. The number of rotatable bonds is 5. The first-order valence-corrected chi connectivity index (χ1v) is 8.84. The van der Waals surface area contributed by atoms with Crippen molar-refractivity contribution in [2.75, 3.05) is 18.5 Å². The van der Waals surface area contributed by atoms with Gasteiger partial charge in [-0.25, -0.2) is 0 Å². The van der Waals surface area contributed by atoms with Gasteiger partial charge >= 0.3 is 6.18 Å². The van der Waals surface area contributed by atoms with Crippen LogP contribution < -0.4 is 5.32 Å². The van der Waals surface area contributed by atoms with Crippen LogP contribution in [-0.4, -0.2) is 33.6 Å². The molecular formula is C20H18F3N3O2. The number of aliphatic hydroxyl groups excluding tert-OH is 1. The number of aliphatic hydroxyl groups is 1. The molecule has 1 heterocycles. The van der Waals surface area contributed by atoms with E-state index in [2.05, 4.69) is 15.5 Å². The molecule has 1 aromatic heterocycles. The molecule has 2 aromatic carbocycles. The molecule has 0 unspecified atom stereocenters. The molecule has 1 fully saturated rings. The Labute approximate surface area is 158 Å². The lowest BCUT2D eigenvalue weighted by atomic mass is 10.0. The van der Waals surface area contributed by atoms with Gasteiger partial charge in [0.05, 0.1) is 12.2 Å². The summed E-state index contributed by atoms with van der Waals surface area (Å²) >= 11 is 0. The normalized spacial score (nSPS) is 15.6. The zero-order valence-corrected chi connectivity index (χ0v) is 14.8. The van der Waals surface area contributed by atoms with E-state index in [0.717, 1.165) is 24.3 Å². The van der Waals surface area contributed by atoms with E-state index in [4.69, 9.17) is 0 Å². The molecule has 28 heavy (non-hydrogen) atoms. The molecule has 0 atom stereocenters. The first kappa shape index (κ1) is 18.5. The number of aromatic hydroxyl groups is 1. The van der Waals surface area contributed by atoms with Crippen molar-refractivity contribution in [1.29, 1.82) is 0 Å². The molecule has 5 nitrogen and oxygen atoms in total. The van der Waals surface area contributed by atoms with Gasteiger partial charge in [-0.3, -0.25) is 0 Å². The van der Waals surface area contributed by atoms with Crippen LogP contribution in [0.4, 0.5) is 19.0 Å². The maximum atomic E-state index is 12.9. The molecule has 0 bridgehead atoms. The number of aromatic nitrogens is 2. The molecule has 1 aliphatic rings. The van der Waals surface area contributed by atoms with Crippen molar-refractivity contribution in [3.63, 3.8) is 0 Å². The third-order valence-corrected chi connectivity index (χ3v) is 5.19. The summed E-state index contributed by atoms with van der Waals surface area (Å²) in [5.41, 5.74) is -0.566. The number of hydrogen-bond acceptors (Lipinski definition) is 5. The van der Waals surface area contributed by atoms with E-state index < -0.39 is 17.5 Å². The molecule has 0 saturated heterocycles. The SMILES string of the molecule is OCC1(CNc2nnc(-c3ccc(C(F)(F)F)cc3O)c3ccccc23)CC1. The molecular weight excluding hydrogens is 371 g/mol. The third-order valence-electron chi connectivity index (χ3n) is 5.19.